The number of hydrogen-bond donors (Lipinski definition) is 1. The quantitative estimate of drug-likeness (QED) is 0.478. The van der Waals surface area contributed by atoms with Gasteiger partial charge in [-0.3, -0.25) is 9.78 Å². The lowest BCUT2D eigenvalue weighted by atomic mass is 10.2. The number of halogens is 6. The number of urea groups is 1. The van der Waals surface area contributed by atoms with Gasteiger partial charge in [-0.1, -0.05) is 0 Å². The predicted molar refractivity (Wildman–Crippen MR) is 105 cm³/mol. The molecule has 0 spiro atoms. The van der Waals surface area contributed by atoms with Crippen molar-refractivity contribution in [2.24, 2.45) is 0 Å². The number of nitrogens with zero attached hydrogens (tertiary/aromatic N) is 3. The lowest BCUT2D eigenvalue weighted by molar-refractivity contribution is -0.192. The number of aromatic nitrogens is 1. The van der Waals surface area contributed by atoms with E-state index in [4.69, 9.17) is 9.90 Å². The molecule has 3 amide bonds. The second-order valence-electron chi connectivity index (χ2n) is 6.86. The average molecular weight is 527 g/mol. The number of carboxylic acids is 1. The minimum Gasteiger partial charge on any atom is -0.475 e. The third-order valence-electron chi connectivity index (χ3n) is 4.54. The molecule has 0 bridgehead atoms. The number of hydrogen-bond acceptors (Lipinski definition) is 6. The van der Waals surface area contributed by atoms with E-state index in [2.05, 4.69) is 4.98 Å². The molecule has 1 atom stereocenters. The first kappa shape index (κ1) is 27.6. The number of imide groups is 1. The van der Waals surface area contributed by atoms with Crippen LogP contribution in [0.15, 0.2) is 53.7 Å². The van der Waals surface area contributed by atoms with Crippen LogP contribution in [0.1, 0.15) is 12.5 Å². The van der Waals surface area contributed by atoms with E-state index in [0.29, 0.717) is 0 Å². The summed E-state index contributed by atoms with van der Waals surface area (Å²) in [6.45, 7) is 1.68. The maximum atomic E-state index is 12.7. The van der Waals surface area contributed by atoms with Crippen LogP contribution in [-0.4, -0.2) is 59.0 Å². The van der Waals surface area contributed by atoms with E-state index >= 15 is 0 Å². The van der Waals surface area contributed by atoms with Gasteiger partial charge in [-0.05, 0) is 48.9 Å². The number of anilines is 1. The summed E-state index contributed by atoms with van der Waals surface area (Å²) in [6, 6.07) is 5.35. The summed E-state index contributed by atoms with van der Waals surface area (Å²) in [5, 5.41) is 7.12. The Kier molecular flexibility index (Phi) is 7.79. The zero-order chi connectivity index (χ0) is 26.8. The highest BCUT2D eigenvalue weighted by molar-refractivity contribution is 7.92. The Hall–Kier alpha value is -3.69. The number of sulfone groups is 1. The molecular weight excluding hydrogens is 512 g/mol. The molecule has 1 fully saturated rings. The van der Waals surface area contributed by atoms with Gasteiger partial charge in [0.25, 0.3) is 15.7 Å². The molecule has 35 heavy (non-hydrogen) atoms. The standard InChI is InChI=1S/C17H14F3N3O4S.C2HF3O2/c1-11-15(24)23(16(25)22(11)10-12-6-8-21-9-7-12)13-2-4-14(5-3-13)28(26,27)17(18,19)20;3-2(4,5)1(6)7/h2-9,11H,10H2,1H3;(H,6,7)/t11-;/m1./s1. The van der Waals surface area contributed by atoms with Gasteiger partial charge in [0.05, 0.1) is 10.6 Å². The van der Waals surface area contributed by atoms with Crippen molar-refractivity contribution >= 4 is 33.4 Å². The number of alkyl halides is 6. The largest absolute Gasteiger partial charge is 0.501 e. The molecule has 16 heteroatoms. The molecule has 0 unspecified atom stereocenters. The van der Waals surface area contributed by atoms with Crippen molar-refractivity contribution in [1.82, 2.24) is 9.88 Å². The minimum atomic E-state index is -5.51. The van der Waals surface area contributed by atoms with Gasteiger partial charge < -0.3 is 10.0 Å². The molecule has 1 aromatic carbocycles. The Morgan fingerprint density at radius 2 is 1.49 bits per heavy atom. The van der Waals surface area contributed by atoms with Crippen molar-refractivity contribution in [1.29, 1.82) is 0 Å². The number of amides is 3. The lowest BCUT2D eigenvalue weighted by Crippen LogP contribution is -2.33. The summed E-state index contributed by atoms with van der Waals surface area (Å²) in [5.41, 5.74) is -4.71. The van der Waals surface area contributed by atoms with Gasteiger partial charge in [0, 0.05) is 18.9 Å². The summed E-state index contributed by atoms with van der Waals surface area (Å²) < 4.78 is 92.5. The topological polar surface area (TPSA) is 125 Å². The van der Waals surface area contributed by atoms with Crippen LogP contribution in [0.5, 0.6) is 0 Å². The van der Waals surface area contributed by atoms with E-state index in [9.17, 15) is 44.3 Å². The monoisotopic (exact) mass is 527 g/mol. The normalized spacial score (nSPS) is 16.7. The molecule has 1 N–H and O–H groups in total. The zero-order valence-electron chi connectivity index (χ0n) is 17.4. The molecular formula is C19H15F6N3O6S. The number of rotatable bonds is 4. The first-order chi connectivity index (χ1) is 16.0. The summed E-state index contributed by atoms with van der Waals surface area (Å²) in [7, 11) is -5.51. The third-order valence-corrected chi connectivity index (χ3v) is 6.04. The van der Waals surface area contributed by atoms with Crippen LogP contribution in [0.4, 0.5) is 36.8 Å². The fraction of sp³-hybridized carbons (Fsp3) is 0.263. The number of benzene rings is 1. The van der Waals surface area contributed by atoms with Crippen LogP contribution in [0, 0.1) is 0 Å². The first-order valence-electron chi connectivity index (χ1n) is 9.23. The van der Waals surface area contributed by atoms with Crippen molar-refractivity contribution in [2.75, 3.05) is 4.90 Å². The fourth-order valence-electron chi connectivity index (χ4n) is 2.74. The summed E-state index contributed by atoms with van der Waals surface area (Å²) in [5.74, 6) is -3.32. The van der Waals surface area contributed by atoms with Gasteiger partial charge >= 0.3 is 23.7 Å². The lowest BCUT2D eigenvalue weighted by Gasteiger charge is -2.19. The Morgan fingerprint density at radius 1 is 1.00 bits per heavy atom. The third kappa shape index (κ3) is 6.06. The Morgan fingerprint density at radius 3 is 1.91 bits per heavy atom. The molecule has 9 nitrogen and oxygen atoms in total. The molecule has 0 radical (unpaired) electrons. The molecule has 0 saturated carbocycles. The van der Waals surface area contributed by atoms with Crippen molar-refractivity contribution in [3.05, 3.63) is 54.4 Å². The van der Waals surface area contributed by atoms with Crippen LogP contribution >= 0.6 is 0 Å². The van der Waals surface area contributed by atoms with E-state index in [-0.39, 0.29) is 12.2 Å². The zero-order valence-corrected chi connectivity index (χ0v) is 18.2. The van der Waals surface area contributed by atoms with Crippen LogP contribution < -0.4 is 4.90 Å². The van der Waals surface area contributed by atoms with E-state index in [1.807, 2.05) is 0 Å². The number of aliphatic carboxylic acids is 1. The minimum absolute atomic E-state index is 0.0137. The highest BCUT2D eigenvalue weighted by atomic mass is 32.2. The highest BCUT2D eigenvalue weighted by Crippen LogP contribution is 2.32. The maximum absolute atomic E-state index is 12.7. The Balaban J connectivity index is 0.000000540. The number of carbonyl (C=O) groups is 3. The molecule has 1 aliphatic rings. The fourth-order valence-corrected chi connectivity index (χ4v) is 3.51. The highest BCUT2D eigenvalue weighted by Gasteiger charge is 2.47. The summed E-state index contributed by atoms with van der Waals surface area (Å²) >= 11 is 0. The Labute approximate surface area is 193 Å². The van der Waals surface area contributed by atoms with Gasteiger partial charge in [-0.2, -0.15) is 26.3 Å². The van der Waals surface area contributed by atoms with E-state index < -0.39 is 50.4 Å². The van der Waals surface area contributed by atoms with Gasteiger partial charge in [0.15, 0.2) is 0 Å². The molecule has 1 saturated heterocycles. The molecule has 0 aliphatic carbocycles. The van der Waals surface area contributed by atoms with Gasteiger partial charge in [-0.25, -0.2) is 22.9 Å². The number of carbonyl (C=O) groups excluding carboxylic acids is 2. The molecule has 1 aromatic heterocycles. The van der Waals surface area contributed by atoms with Crippen molar-refractivity contribution < 1.29 is 54.3 Å². The molecule has 190 valence electrons. The van der Waals surface area contributed by atoms with E-state index in [1.54, 1.807) is 24.5 Å². The first-order valence-corrected chi connectivity index (χ1v) is 10.7. The average Bonchev–Trinajstić information content (AvgIpc) is 2.97. The summed E-state index contributed by atoms with van der Waals surface area (Å²) in [4.78, 5) is 39.1. The molecule has 2 heterocycles. The van der Waals surface area contributed by atoms with Gasteiger partial charge in [0.1, 0.15) is 6.04 Å². The van der Waals surface area contributed by atoms with E-state index in [0.717, 1.165) is 34.7 Å². The second-order valence-corrected chi connectivity index (χ2v) is 8.80. The van der Waals surface area contributed by atoms with E-state index in [1.165, 1.54) is 11.8 Å². The number of pyridine rings is 1. The SMILES string of the molecule is C[C@@H]1C(=O)N(c2ccc(S(=O)(=O)C(F)(F)F)cc2)C(=O)N1Cc1ccncc1.O=C(O)C(F)(F)F. The van der Waals surface area contributed by atoms with Crippen molar-refractivity contribution in [3.63, 3.8) is 0 Å². The predicted octanol–water partition coefficient (Wildman–Crippen LogP) is 3.37. The van der Waals surface area contributed by atoms with Gasteiger partial charge in [-0.15, -0.1) is 0 Å². The second kappa shape index (κ2) is 9.89. The van der Waals surface area contributed by atoms with Crippen LogP contribution in [0.3, 0.4) is 0 Å². The van der Waals surface area contributed by atoms with Crippen LogP contribution in [0.25, 0.3) is 0 Å². The summed E-state index contributed by atoms with van der Waals surface area (Å²) in [6.07, 6.45) is -2.00. The maximum Gasteiger partial charge on any atom is 0.501 e. The van der Waals surface area contributed by atoms with Gasteiger partial charge in [0.2, 0.25) is 0 Å². The Bertz CT molecular complexity index is 1200. The van der Waals surface area contributed by atoms with Crippen LogP contribution in [-0.2, 0) is 26.0 Å². The molecule has 3 rings (SSSR count). The van der Waals surface area contributed by atoms with Crippen molar-refractivity contribution in [2.45, 2.75) is 36.1 Å². The molecule has 1 aliphatic heterocycles. The smallest absolute Gasteiger partial charge is 0.475 e. The van der Waals surface area contributed by atoms with Crippen LogP contribution in [0.2, 0.25) is 0 Å². The van der Waals surface area contributed by atoms with Crippen molar-refractivity contribution in [3.8, 4) is 0 Å². The number of carboxylic acid groups (broad SMARTS) is 1. The molecule has 2 aromatic rings.